The summed E-state index contributed by atoms with van der Waals surface area (Å²) in [5, 5.41) is 16.9. The smallest absolute Gasteiger partial charge is 0.243 e. The Morgan fingerprint density at radius 1 is 1.44 bits per heavy atom. The van der Waals surface area contributed by atoms with Crippen LogP contribution < -0.4 is 5.32 Å². The molecule has 2 aromatic heterocycles. The van der Waals surface area contributed by atoms with Crippen molar-refractivity contribution in [1.82, 2.24) is 14.6 Å². The van der Waals surface area contributed by atoms with E-state index in [0.717, 1.165) is 24.9 Å². The molecular formula is C11H14N4O. The molecule has 1 fully saturated rings. The number of nitrogens with one attached hydrogen (secondary N) is 1. The Balaban J connectivity index is 1.89. The van der Waals surface area contributed by atoms with Crippen LogP contribution in [0.3, 0.4) is 0 Å². The van der Waals surface area contributed by atoms with Gasteiger partial charge in [-0.1, -0.05) is 6.07 Å². The van der Waals surface area contributed by atoms with Gasteiger partial charge in [-0.05, 0) is 31.4 Å². The van der Waals surface area contributed by atoms with Gasteiger partial charge in [0.2, 0.25) is 5.95 Å². The van der Waals surface area contributed by atoms with Gasteiger partial charge in [-0.2, -0.15) is 4.98 Å². The van der Waals surface area contributed by atoms with Gasteiger partial charge in [-0.15, -0.1) is 5.10 Å². The molecule has 1 aliphatic rings. The molecule has 5 heteroatoms. The molecule has 84 valence electrons. The predicted octanol–water partition coefficient (Wildman–Crippen LogP) is 1.06. The SMILES string of the molecule is OCC1(Nc2nc3ccccn3n2)CCC1. The highest BCUT2D eigenvalue weighted by Gasteiger charge is 2.37. The zero-order chi connectivity index (χ0) is 11.0. The van der Waals surface area contributed by atoms with Crippen molar-refractivity contribution >= 4 is 11.6 Å². The monoisotopic (exact) mass is 218 g/mol. The van der Waals surface area contributed by atoms with Crippen molar-refractivity contribution in [2.24, 2.45) is 0 Å². The van der Waals surface area contributed by atoms with Gasteiger partial charge in [0.25, 0.3) is 0 Å². The van der Waals surface area contributed by atoms with E-state index in [2.05, 4.69) is 15.4 Å². The van der Waals surface area contributed by atoms with Crippen molar-refractivity contribution in [2.75, 3.05) is 11.9 Å². The maximum Gasteiger partial charge on any atom is 0.243 e. The molecule has 5 nitrogen and oxygen atoms in total. The molecule has 2 aromatic rings. The fourth-order valence-electron chi connectivity index (χ4n) is 2.05. The molecule has 0 amide bonds. The maximum atomic E-state index is 9.35. The van der Waals surface area contributed by atoms with E-state index >= 15 is 0 Å². The molecule has 0 bridgehead atoms. The number of nitrogens with zero attached hydrogens (tertiary/aromatic N) is 3. The Morgan fingerprint density at radius 3 is 2.94 bits per heavy atom. The first kappa shape index (κ1) is 9.59. The van der Waals surface area contributed by atoms with Crippen LogP contribution in [-0.4, -0.2) is 31.9 Å². The van der Waals surface area contributed by atoms with Crippen molar-refractivity contribution in [3.8, 4) is 0 Å². The van der Waals surface area contributed by atoms with Crippen molar-refractivity contribution in [3.63, 3.8) is 0 Å². The Labute approximate surface area is 93.1 Å². The molecule has 0 aliphatic heterocycles. The van der Waals surface area contributed by atoms with Gasteiger partial charge >= 0.3 is 0 Å². The average molecular weight is 218 g/mol. The third-order valence-electron chi connectivity index (χ3n) is 3.23. The molecular weight excluding hydrogens is 204 g/mol. The standard InChI is InChI=1S/C11H14N4O/c16-8-11(5-3-6-11)13-10-12-9-4-1-2-7-15(9)14-10/h1-2,4,7,16H,3,5-6,8H2,(H,13,14). The average Bonchev–Trinajstić information content (AvgIpc) is 2.65. The van der Waals surface area contributed by atoms with E-state index in [0.29, 0.717) is 5.95 Å². The summed E-state index contributed by atoms with van der Waals surface area (Å²) in [4.78, 5) is 4.36. The second-order valence-corrected chi connectivity index (χ2v) is 4.36. The molecule has 2 heterocycles. The molecule has 2 N–H and O–H groups in total. The van der Waals surface area contributed by atoms with Crippen LogP contribution in [0, 0.1) is 0 Å². The highest BCUT2D eigenvalue weighted by atomic mass is 16.3. The number of hydrogen-bond acceptors (Lipinski definition) is 4. The summed E-state index contributed by atoms with van der Waals surface area (Å²) < 4.78 is 1.73. The Kier molecular flexibility index (Phi) is 2.07. The van der Waals surface area contributed by atoms with Crippen molar-refractivity contribution in [1.29, 1.82) is 0 Å². The van der Waals surface area contributed by atoms with E-state index in [1.807, 2.05) is 24.4 Å². The number of aliphatic hydroxyl groups is 1. The fourth-order valence-corrected chi connectivity index (χ4v) is 2.05. The normalized spacial score (nSPS) is 18.3. The number of hydrogen-bond donors (Lipinski definition) is 2. The quantitative estimate of drug-likeness (QED) is 0.808. The zero-order valence-electron chi connectivity index (χ0n) is 8.93. The van der Waals surface area contributed by atoms with Gasteiger partial charge < -0.3 is 10.4 Å². The van der Waals surface area contributed by atoms with Crippen LogP contribution in [0.1, 0.15) is 19.3 Å². The van der Waals surface area contributed by atoms with Crippen LogP contribution in [0.2, 0.25) is 0 Å². The number of anilines is 1. The Morgan fingerprint density at radius 2 is 2.31 bits per heavy atom. The maximum absolute atomic E-state index is 9.35. The van der Waals surface area contributed by atoms with Gasteiger partial charge in [0.15, 0.2) is 5.65 Å². The summed E-state index contributed by atoms with van der Waals surface area (Å²) in [6.45, 7) is 0.141. The second-order valence-electron chi connectivity index (χ2n) is 4.36. The van der Waals surface area contributed by atoms with Gasteiger partial charge in [-0.3, -0.25) is 0 Å². The van der Waals surface area contributed by atoms with Crippen LogP contribution in [0.5, 0.6) is 0 Å². The van der Waals surface area contributed by atoms with Gasteiger partial charge in [-0.25, -0.2) is 4.52 Å². The Bertz CT molecular complexity index is 465. The van der Waals surface area contributed by atoms with Crippen LogP contribution in [0.15, 0.2) is 24.4 Å². The molecule has 0 unspecified atom stereocenters. The second kappa shape index (κ2) is 3.45. The molecule has 0 aromatic carbocycles. The molecule has 0 radical (unpaired) electrons. The molecule has 3 rings (SSSR count). The van der Waals surface area contributed by atoms with Crippen molar-refractivity contribution < 1.29 is 5.11 Å². The van der Waals surface area contributed by atoms with E-state index in [4.69, 9.17) is 0 Å². The van der Waals surface area contributed by atoms with E-state index in [1.165, 1.54) is 0 Å². The lowest BCUT2D eigenvalue weighted by Crippen LogP contribution is -2.48. The highest BCUT2D eigenvalue weighted by Crippen LogP contribution is 2.33. The Hall–Kier alpha value is -1.62. The predicted molar refractivity (Wildman–Crippen MR) is 60.3 cm³/mol. The third kappa shape index (κ3) is 1.44. The van der Waals surface area contributed by atoms with E-state index in [1.54, 1.807) is 4.52 Å². The van der Waals surface area contributed by atoms with Crippen LogP contribution >= 0.6 is 0 Å². The topological polar surface area (TPSA) is 62.5 Å². The van der Waals surface area contributed by atoms with Gasteiger partial charge in [0.05, 0.1) is 12.1 Å². The number of fused-ring (bicyclic) bond motifs is 1. The zero-order valence-corrected chi connectivity index (χ0v) is 8.93. The van der Waals surface area contributed by atoms with Crippen LogP contribution in [-0.2, 0) is 0 Å². The first-order chi connectivity index (χ1) is 7.81. The molecule has 0 atom stereocenters. The molecule has 16 heavy (non-hydrogen) atoms. The van der Waals surface area contributed by atoms with E-state index < -0.39 is 0 Å². The largest absolute Gasteiger partial charge is 0.394 e. The molecule has 0 spiro atoms. The first-order valence-electron chi connectivity index (χ1n) is 5.52. The number of aliphatic hydroxyl groups excluding tert-OH is 1. The summed E-state index contributed by atoms with van der Waals surface area (Å²) in [7, 11) is 0. The number of pyridine rings is 1. The lowest BCUT2D eigenvalue weighted by Gasteiger charge is -2.40. The van der Waals surface area contributed by atoms with Crippen molar-refractivity contribution in [2.45, 2.75) is 24.8 Å². The minimum atomic E-state index is -0.190. The van der Waals surface area contributed by atoms with E-state index in [-0.39, 0.29) is 12.1 Å². The summed E-state index contributed by atoms with van der Waals surface area (Å²) in [5.41, 5.74) is 0.628. The summed E-state index contributed by atoms with van der Waals surface area (Å²) >= 11 is 0. The minimum Gasteiger partial charge on any atom is -0.394 e. The van der Waals surface area contributed by atoms with E-state index in [9.17, 15) is 5.11 Å². The fraction of sp³-hybridized carbons (Fsp3) is 0.455. The molecule has 1 saturated carbocycles. The lowest BCUT2D eigenvalue weighted by molar-refractivity contribution is 0.143. The summed E-state index contributed by atoms with van der Waals surface area (Å²) in [5.74, 6) is 0.597. The number of rotatable bonds is 3. The molecule has 1 aliphatic carbocycles. The highest BCUT2D eigenvalue weighted by molar-refractivity contribution is 5.44. The minimum absolute atomic E-state index is 0.141. The van der Waals surface area contributed by atoms with Crippen molar-refractivity contribution in [3.05, 3.63) is 24.4 Å². The van der Waals surface area contributed by atoms with Crippen LogP contribution in [0.4, 0.5) is 5.95 Å². The van der Waals surface area contributed by atoms with Gasteiger partial charge in [0.1, 0.15) is 0 Å². The number of aromatic nitrogens is 3. The van der Waals surface area contributed by atoms with Crippen LogP contribution in [0.25, 0.3) is 5.65 Å². The summed E-state index contributed by atoms with van der Waals surface area (Å²) in [6.07, 6.45) is 4.99. The first-order valence-corrected chi connectivity index (χ1v) is 5.52. The lowest BCUT2D eigenvalue weighted by atomic mass is 9.77. The van der Waals surface area contributed by atoms with Gasteiger partial charge in [0, 0.05) is 6.20 Å². The molecule has 0 saturated heterocycles. The summed E-state index contributed by atoms with van der Waals surface area (Å²) in [6, 6.07) is 5.75. The third-order valence-corrected chi connectivity index (χ3v) is 3.23.